The lowest BCUT2D eigenvalue weighted by Crippen LogP contribution is -2.10. The average molecular weight is 658 g/mol. The van der Waals surface area contributed by atoms with Crippen LogP contribution in [0.2, 0.25) is 0 Å². The average Bonchev–Trinajstić information content (AvgIpc) is 3.87. The van der Waals surface area contributed by atoms with E-state index in [4.69, 9.17) is 8.83 Å². The highest BCUT2D eigenvalue weighted by Gasteiger charge is 2.21. The predicted octanol–water partition coefficient (Wildman–Crippen LogP) is 14.1. The molecule has 0 saturated carbocycles. The summed E-state index contributed by atoms with van der Waals surface area (Å²) >= 11 is 1.84. The number of para-hydroxylation sites is 2. The molecule has 0 saturated heterocycles. The summed E-state index contributed by atoms with van der Waals surface area (Å²) in [5.41, 5.74) is 9.04. The van der Waals surface area contributed by atoms with Gasteiger partial charge < -0.3 is 13.7 Å². The van der Waals surface area contributed by atoms with Crippen LogP contribution in [0.1, 0.15) is 0 Å². The third-order valence-electron chi connectivity index (χ3n) is 10.1. The Morgan fingerprint density at radius 3 is 2.02 bits per heavy atom. The maximum absolute atomic E-state index is 6.69. The molecule has 0 aliphatic heterocycles. The molecule has 0 amide bonds. The minimum absolute atomic E-state index is 0.872. The number of benzene rings is 8. The standard InChI is InChI=1S/C46H27NO2S/c1-2-10-32-28(9-1)21-25-37-36-14-7-13-33(45(36)49-46(32)37)29-19-22-30(23-20-29)47(31-24-26-35-34-11-3-5-16-40(34)48-41(35)27-31)39-15-8-18-43-44(39)38-12-4-6-17-42(38)50-43/h1-27H. The number of thiophene rings is 1. The predicted molar refractivity (Wildman–Crippen MR) is 212 cm³/mol. The van der Waals surface area contributed by atoms with E-state index in [0.29, 0.717) is 0 Å². The van der Waals surface area contributed by atoms with Crippen LogP contribution in [-0.2, 0) is 0 Å². The van der Waals surface area contributed by atoms with Crippen LogP contribution in [0.3, 0.4) is 0 Å². The maximum Gasteiger partial charge on any atom is 0.143 e. The van der Waals surface area contributed by atoms with Gasteiger partial charge in [-0.25, -0.2) is 0 Å². The number of rotatable bonds is 4. The molecule has 0 N–H and O–H groups in total. The van der Waals surface area contributed by atoms with Crippen LogP contribution < -0.4 is 4.90 Å². The fraction of sp³-hybridized carbons (Fsp3) is 0. The molecule has 11 aromatic rings. The lowest BCUT2D eigenvalue weighted by molar-refractivity contribution is 0.669. The summed E-state index contributed by atoms with van der Waals surface area (Å²) < 4.78 is 15.6. The van der Waals surface area contributed by atoms with Crippen molar-refractivity contribution in [3.05, 3.63) is 164 Å². The van der Waals surface area contributed by atoms with Crippen molar-refractivity contribution in [2.45, 2.75) is 0 Å². The Labute approximate surface area is 290 Å². The number of nitrogens with zero attached hydrogens (tertiary/aromatic N) is 1. The number of anilines is 3. The zero-order valence-electron chi connectivity index (χ0n) is 26.8. The molecule has 0 aliphatic rings. The topological polar surface area (TPSA) is 29.5 Å². The summed E-state index contributed by atoms with van der Waals surface area (Å²) in [5.74, 6) is 0. The van der Waals surface area contributed by atoms with Crippen LogP contribution in [0.15, 0.2) is 173 Å². The fourth-order valence-corrected chi connectivity index (χ4v) is 8.89. The molecule has 234 valence electrons. The van der Waals surface area contributed by atoms with Crippen molar-refractivity contribution >= 4 is 103 Å². The minimum atomic E-state index is 0.872. The van der Waals surface area contributed by atoms with E-state index in [9.17, 15) is 0 Å². The van der Waals surface area contributed by atoms with Crippen LogP contribution in [0.4, 0.5) is 17.1 Å². The summed E-state index contributed by atoms with van der Waals surface area (Å²) in [7, 11) is 0. The van der Waals surface area contributed by atoms with Crippen molar-refractivity contribution in [3.63, 3.8) is 0 Å². The Kier molecular flexibility index (Phi) is 5.83. The van der Waals surface area contributed by atoms with Crippen molar-refractivity contribution in [3.8, 4) is 11.1 Å². The molecule has 11 rings (SSSR count). The Morgan fingerprint density at radius 2 is 1.10 bits per heavy atom. The van der Waals surface area contributed by atoms with Gasteiger partial charge in [0.25, 0.3) is 0 Å². The van der Waals surface area contributed by atoms with Crippen LogP contribution in [0, 0.1) is 0 Å². The van der Waals surface area contributed by atoms with E-state index < -0.39 is 0 Å². The van der Waals surface area contributed by atoms with Gasteiger partial charge in [0.15, 0.2) is 0 Å². The van der Waals surface area contributed by atoms with Gasteiger partial charge in [-0.1, -0.05) is 103 Å². The van der Waals surface area contributed by atoms with Gasteiger partial charge in [0.05, 0.1) is 5.69 Å². The normalized spacial score (nSPS) is 12.0. The first-order valence-corrected chi connectivity index (χ1v) is 17.7. The Hall–Kier alpha value is -6.36. The number of furan rings is 2. The van der Waals surface area contributed by atoms with Crippen LogP contribution in [0.25, 0.3) is 85.9 Å². The smallest absolute Gasteiger partial charge is 0.143 e. The highest BCUT2D eigenvalue weighted by molar-refractivity contribution is 7.26. The van der Waals surface area contributed by atoms with E-state index >= 15 is 0 Å². The molecule has 0 bridgehead atoms. The molecule has 0 radical (unpaired) electrons. The molecular weight excluding hydrogens is 631 g/mol. The van der Waals surface area contributed by atoms with Crippen molar-refractivity contribution in [2.24, 2.45) is 0 Å². The molecule has 0 unspecified atom stereocenters. The molecule has 3 aromatic heterocycles. The second-order valence-electron chi connectivity index (χ2n) is 12.9. The molecule has 50 heavy (non-hydrogen) atoms. The SMILES string of the molecule is c1ccc2c(c1)ccc1c3cccc(-c4ccc(N(c5ccc6c(c5)oc5ccccc56)c5cccc6sc7ccccc7c56)cc4)c3oc21. The largest absolute Gasteiger partial charge is 0.456 e. The number of hydrogen-bond acceptors (Lipinski definition) is 4. The first-order valence-electron chi connectivity index (χ1n) is 16.8. The lowest BCUT2D eigenvalue weighted by atomic mass is 10.0. The first kappa shape index (κ1) is 27.6. The van der Waals surface area contributed by atoms with Crippen molar-refractivity contribution in [1.82, 2.24) is 0 Å². The van der Waals surface area contributed by atoms with E-state index in [1.807, 2.05) is 23.5 Å². The second-order valence-corrected chi connectivity index (χ2v) is 13.9. The summed E-state index contributed by atoms with van der Waals surface area (Å²) in [6.07, 6.45) is 0. The van der Waals surface area contributed by atoms with Crippen LogP contribution >= 0.6 is 11.3 Å². The van der Waals surface area contributed by atoms with Gasteiger partial charge in [0.1, 0.15) is 22.3 Å². The summed E-state index contributed by atoms with van der Waals surface area (Å²) in [5, 5.41) is 9.34. The van der Waals surface area contributed by atoms with Crippen molar-refractivity contribution in [1.29, 1.82) is 0 Å². The second kappa shape index (κ2) is 10.6. The quantitative estimate of drug-likeness (QED) is 0.189. The first-order chi connectivity index (χ1) is 24.8. The Bertz CT molecular complexity index is 3110. The van der Waals surface area contributed by atoms with Crippen molar-refractivity contribution in [2.75, 3.05) is 4.90 Å². The Balaban J connectivity index is 1.11. The van der Waals surface area contributed by atoms with Crippen LogP contribution in [0.5, 0.6) is 0 Å². The summed E-state index contributed by atoms with van der Waals surface area (Å²) in [6.45, 7) is 0. The number of fused-ring (bicyclic) bond motifs is 11. The molecular formula is C46H27NO2S. The zero-order chi connectivity index (χ0) is 32.8. The van der Waals surface area contributed by atoms with Crippen LogP contribution in [-0.4, -0.2) is 0 Å². The third kappa shape index (κ3) is 4.03. The molecule has 0 fully saturated rings. The third-order valence-corrected chi connectivity index (χ3v) is 11.2. The molecule has 3 nitrogen and oxygen atoms in total. The van der Waals surface area contributed by atoms with E-state index in [1.165, 1.54) is 25.6 Å². The molecule has 4 heteroatoms. The van der Waals surface area contributed by atoms with E-state index in [1.54, 1.807) is 0 Å². The summed E-state index contributed by atoms with van der Waals surface area (Å²) in [4.78, 5) is 2.37. The van der Waals surface area contributed by atoms with Crippen molar-refractivity contribution < 1.29 is 8.83 Å². The molecule has 0 aliphatic carbocycles. The van der Waals surface area contributed by atoms with Gasteiger partial charge in [-0.3, -0.25) is 0 Å². The highest BCUT2D eigenvalue weighted by Crippen LogP contribution is 2.46. The van der Waals surface area contributed by atoms with Gasteiger partial charge in [0, 0.05) is 70.1 Å². The van der Waals surface area contributed by atoms with Gasteiger partial charge in [-0.05, 0) is 65.5 Å². The van der Waals surface area contributed by atoms with E-state index in [-0.39, 0.29) is 0 Å². The van der Waals surface area contributed by atoms with Gasteiger partial charge in [-0.15, -0.1) is 11.3 Å². The highest BCUT2D eigenvalue weighted by atomic mass is 32.1. The van der Waals surface area contributed by atoms with E-state index in [0.717, 1.165) is 77.5 Å². The monoisotopic (exact) mass is 657 g/mol. The summed E-state index contributed by atoms with van der Waals surface area (Å²) in [6, 6.07) is 58.3. The zero-order valence-corrected chi connectivity index (χ0v) is 27.6. The Morgan fingerprint density at radius 1 is 0.420 bits per heavy atom. The fourth-order valence-electron chi connectivity index (χ4n) is 7.77. The minimum Gasteiger partial charge on any atom is -0.456 e. The molecule has 0 atom stereocenters. The van der Waals surface area contributed by atoms with Gasteiger partial charge in [0.2, 0.25) is 0 Å². The lowest BCUT2D eigenvalue weighted by Gasteiger charge is -2.26. The molecule has 3 heterocycles. The number of hydrogen-bond donors (Lipinski definition) is 0. The van der Waals surface area contributed by atoms with E-state index in [2.05, 4.69) is 157 Å². The maximum atomic E-state index is 6.69. The molecule has 0 spiro atoms. The molecule has 8 aromatic carbocycles. The van der Waals surface area contributed by atoms with Gasteiger partial charge in [-0.2, -0.15) is 0 Å². The van der Waals surface area contributed by atoms with Gasteiger partial charge >= 0.3 is 0 Å².